The number of nitro benzene ring substituents is 1. The Hall–Kier alpha value is -4.32. The van der Waals surface area contributed by atoms with Crippen LogP contribution in [-0.2, 0) is 6.54 Å². The minimum Gasteiger partial charge on any atom is -0.477 e. The van der Waals surface area contributed by atoms with E-state index in [1.807, 2.05) is 11.8 Å². The fraction of sp³-hybridized carbons (Fsp3) is 0.292. The molecule has 3 aromatic rings. The van der Waals surface area contributed by atoms with Gasteiger partial charge in [0.25, 0.3) is 5.69 Å². The number of hydrogen-bond acceptors (Lipinski definition) is 8. The van der Waals surface area contributed by atoms with Crippen LogP contribution in [0, 0.1) is 15.9 Å². The molecular formula is C24H25FN6O5. The number of carboxylic acids is 1. The Kier molecular flexibility index (Phi) is 6.97. The highest BCUT2D eigenvalue weighted by atomic mass is 19.1. The second-order valence-electron chi connectivity index (χ2n) is 8.43. The molecule has 1 aliphatic rings. The monoisotopic (exact) mass is 496 g/mol. The second-order valence-corrected chi connectivity index (χ2v) is 8.43. The molecule has 0 spiro atoms. The van der Waals surface area contributed by atoms with E-state index in [4.69, 9.17) is 5.84 Å². The van der Waals surface area contributed by atoms with E-state index in [0.717, 1.165) is 6.07 Å². The van der Waals surface area contributed by atoms with Crippen LogP contribution in [0.1, 0.15) is 22.8 Å². The summed E-state index contributed by atoms with van der Waals surface area (Å²) in [5.74, 6) is 3.64. The first-order valence-electron chi connectivity index (χ1n) is 11.3. The molecule has 0 saturated carbocycles. The molecule has 0 radical (unpaired) electrons. The highest BCUT2D eigenvalue weighted by Gasteiger charge is 2.23. The predicted molar refractivity (Wildman–Crippen MR) is 133 cm³/mol. The molecule has 36 heavy (non-hydrogen) atoms. The van der Waals surface area contributed by atoms with Gasteiger partial charge in [0.05, 0.1) is 21.8 Å². The maximum atomic E-state index is 15.1. The van der Waals surface area contributed by atoms with E-state index in [0.29, 0.717) is 61.7 Å². The number of hydrogen-bond donors (Lipinski definition) is 2. The summed E-state index contributed by atoms with van der Waals surface area (Å²) in [4.78, 5) is 38.4. The first-order valence-corrected chi connectivity index (χ1v) is 11.3. The predicted octanol–water partition coefficient (Wildman–Crippen LogP) is 2.25. The fourth-order valence-corrected chi connectivity index (χ4v) is 4.40. The van der Waals surface area contributed by atoms with E-state index < -0.39 is 27.7 Å². The number of nitro groups is 1. The van der Waals surface area contributed by atoms with Gasteiger partial charge >= 0.3 is 5.97 Å². The number of piperazine rings is 1. The molecular weight excluding hydrogens is 471 g/mol. The summed E-state index contributed by atoms with van der Waals surface area (Å²) in [6.07, 6.45) is 1.29. The van der Waals surface area contributed by atoms with Gasteiger partial charge < -0.3 is 20.4 Å². The quantitative estimate of drug-likeness (QED) is 0.219. The zero-order valence-corrected chi connectivity index (χ0v) is 19.6. The van der Waals surface area contributed by atoms with Crippen LogP contribution in [0.2, 0.25) is 0 Å². The number of aromatic nitrogens is 1. The number of anilines is 1. The Labute approximate surface area is 205 Å². The Balaban J connectivity index is 1.52. The Bertz CT molecular complexity index is 1410. The standard InChI is InChI=1S/C24H25FN6O5/c1-2-29-13-18(24(33)34)23(32)17-11-19(25)22(12-21(17)29)30-9-7-28(8-10-30)14-20(27-26)15-3-5-16(6-4-15)31(35)36/h3-6,11-13H,2,7-10,14,26H2,1H3,(H,33,34)/b27-20-. The summed E-state index contributed by atoms with van der Waals surface area (Å²) < 4.78 is 16.7. The Morgan fingerprint density at radius 1 is 1.19 bits per heavy atom. The lowest BCUT2D eigenvalue weighted by Gasteiger charge is -2.36. The van der Waals surface area contributed by atoms with Crippen LogP contribution in [-0.4, -0.2) is 63.9 Å². The van der Waals surface area contributed by atoms with Gasteiger partial charge in [0.15, 0.2) is 0 Å². The minimum atomic E-state index is -1.35. The number of benzene rings is 2. The number of non-ortho nitro benzene ring substituents is 1. The Morgan fingerprint density at radius 2 is 1.86 bits per heavy atom. The van der Waals surface area contributed by atoms with E-state index in [1.165, 1.54) is 18.3 Å². The lowest BCUT2D eigenvalue weighted by Crippen LogP contribution is -2.48. The van der Waals surface area contributed by atoms with Gasteiger partial charge in [-0.1, -0.05) is 0 Å². The van der Waals surface area contributed by atoms with Gasteiger partial charge in [0.1, 0.15) is 11.4 Å². The van der Waals surface area contributed by atoms with E-state index in [2.05, 4.69) is 10.0 Å². The zero-order chi connectivity index (χ0) is 26.0. The number of nitrogens with two attached hydrogens (primary N) is 1. The van der Waals surface area contributed by atoms with E-state index >= 15 is 4.39 Å². The molecule has 1 fully saturated rings. The lowest BCUT2D eigenvalue weighted by atomic mass is 10.1. The molecule has 1 saturated heterocycles. The number of hydrazone groups is 1. The zero-order valence-electron chi connectivity index (χ0n) is 19.6. The van der Waals surface area contributed by atoms with Gasteiger partial charge in [0.2, 0.25) is 5.43 Å². The molecule has 1 aliphatic heterocycles. The average Bonchev–Trinajstić information content (AvgIpc) is 2.88. The van der Waals surface area contributed by atoms with Crippen molar-refractivity contribution in [2.45, 2.75) is 13.5 Å². The number of rotatable bonds is 7. The maximum Gasteiger partial charge on any atom is 0.341 e. The van der Waals surface area contributed by atoms with Crippen molar-refractivity contribution in [3.05, 3.63) is 79.9 Å². The molecule has 0 bridgehead atoms. The van der Waals surface area contributed by atoms with Gasteiger partial charge in [-0.15, -0.1) is 0 Å². The van der Waals surface area contributed by atoms with Crippen molar-refractivity contribution in [1.29, 1.82) is 0 Å². The van der Waals surface area contributed by atoms with Crippen molar-refractivity contribution in [3.8, 4) is 0 Å². The average molecular weight is 496 g/mol. The number of carbonyl (C=O) groups is 1. The highest BCUT2D eigenvalue weighted by molar-refractivity contribution is 6.02. The van der Waals surface area contributed by atoms with Crippen LogP contribution in [0.25, 0.3) is 10.9 Å². The number of pyridine rings is 1. The molecule has 0 amide bonds. The molecule has 2 heterocycles. The van der Waals surface area contributed by atoms with Crippen LogP contribution in [0.3, 0.4) is 0 Å². The third kappa shape index (κ3) is 4.75. The number of fused-ring (bicyclic) bond motifs is 1. The summed E-state index contributed by atoms with van der Waals surface area (Å²) in [7, 11) is 0. The molecule has 3 N–H and O–H groups in total. The number of aryl methyl sites for hydroxylation is 1. The first-order chi connectivity index (χ1) is 17.2. The molecule has 1 aromatic heterocycles. The van der Waals surface area contributed by atoms with Crippen molar-refractivity contribution in [2.75, 3.05) is 37.6 Å². The Morgan fingerprint density at radius 3 is 2.42 bits per heavy atom. The van der Waals surface area contributed by atoms with Gasteiger partial charge in [-0.2, -0.15) is 5.10 Å². The van der Waals surface area contributed by atoms with E-state index in [-0.39, 0.29) is 11.1 Å². The van der Waals surface area contributed by atoms with Crippen LogP contribution in [0.15, 0.2) is 52.5 Å². The molecule has 12 heteroatoms. The molecule has 0 unspecified atom stereocenters. The molecule has 11 nitrogen and oxygen atoms in total. The van der Waals surface area contributed by atoms with Gasteiger partial charge in [-0.25, -0.2) is 9.18 Å². The van der Waals surface area contributed by atoms with Crippen molar-refractivity contribution in [3.63, 3.8) is 0 Å². The second kappa shape index (κ2) is 10.1. The maximum absolute atomic E-state index is 15.1. The van der Waals surface area contributed by atoms with Crippen molar-refractivity contribution < 1.29 is 19.2 Å². The van der Waals surface area contributed by atoms with E-state index in [1.54, 1.807) is 22.8 Å². The van der Waals surface area contributed by atoms with Crippen molar-refractivity contribution in [2.24, 2.45) is 10.9 Å². The third-order valence-electron chi connectivity index (χ3n) is 6.37. The van der Waals surface area contributed by atoms with Crippen LogP contribution in [0.5, 0.6) is 0 Å². The normalized spacial score (nSPS) is 14.8. The van der Waals surface area contributed by atoms with Crippen LogP contribution < -0.4 is 16.2 Å². The smallest absolute Gasteiger partial charge is 0.341 e. The van der Waals surface area contributed by atoms with Gasteiger partial charge in [0, 0.05) is 63.0 Å². The van der Waals surface area contributed by atoms with Crippen LogP contribution in [0.4, 0.5) is 15.8 Å². The minimum absolute atomic E-state index is 0.0196. The van der Waals surface area contributed by atoms with Crippen molar-refractivity contribution >= 4 is 34.0 Å². The first kappa shape index (κ1) is 24.8. The summed E-state index contributed by atoms with van der Waals surface area (Å²) >= 11 is 0. The number of carboxylic acid groups (broad SMARTS) is 1. The van der Waals surface area contributed by atoms with Gasteiger partial charge in [-0.3, -0.25) is 19.8 Å². The third-order valence-corrected chi connectivity index (χ3v) is 6.37. The topological polar surface area (TPSA) is 147 Å². The number of nitrogens with zero attached hydrogens (tertiary/aromatic N) is 5. The SMILES string of the molecule is CCn1cc(C(=O)O)c(=O)c2cc(F)c(N3CCN(C/C(=N/N)c4ccc([N+](=O)[O-])cc4)CC3)cc21. The highest BCUT2D eigenvalue weighted by Crippen LogP contribution is 2.26. The fourth-order valence-electron chi connectivity index (χ4n) is 4.40. The molecule has 2 aromatic carbocycles. The summed E-state index contributed by atoms with van der Waals surface area (Å²) in [6.45, 7) is 4.84. The summed E-state index contributed by atoms with van der Waals surface area (Å²) in [5, 5.41) is 24.1. The number of halogens is 1. The lowest BCUT2D eigenvalue weighted by molar-refractivity contribution is -0.384. The van der Waals surface area contributed by atoms with Gasteiger partial charge in [-0.05, 0) is 36.8 Å². The molecule has 0 aliphatic carbocycles. The van der Waals surface area contributed by atoms with E-state index in [9.17, 15) is 24.8 Å². The summed E-state index contributed by atoms with van der Waals surface area (Å²) in [6, 6.07) is 8.72. The summed E-state index contributed by atoms with van der Waals surface area (Å²) in [5.41, 5.74) is 0.958. The molecule has 188 valence electrons. The number of aromatic carboxylic acids is 1. The largest absolute Gasteiger partial charge is 0.477 e. The molecule has 4 rings (SSSR count). The van der Waals surface area contributed by atoms with Crippen LogP contribution >= 0.6 is 0 Å². The van der Waals surface area contributed by atoms with Crippen molar-refractivity contribution in [1.82, 2.24) is 9.47 Å². The molecule has 0 atom stereocenters.